The predicted octanol–water partition coefficient (Wildman–Crippen LogP) is 3.23. The predicted molar refractivity (Wildman–Crippen MR) is 74.8 cm³/mol. The maximum absolute atomic E-state index is 11.9. The van der Waals surface area contributed by atoms with Gasteiger partial charge in [0.25, 0.3) is 0 Å². The zero-order valence-corrected chi connectivity index (χ0v) is 11.0. The number of rotatable bonds is 4. The molecular weight excluding hydrogens is 256 g/mol. The Kier molecular flexibility index (Phi) is 4.15. The maximum atomic E-state index is 11.9. The number of benzene rings is 2. The SMILES string of the molecule is CCOC(=O)c1ccccc1-c1cccc(C(=O)O)c1. The summed E-state index contributed by atoms with van der Waals surface area (Å²) in [6, 6.07) is 13.5. The summed E-state index contributed by atoms with van der Waals surface area (Å²) in [7, 11) is 0. The lowest BCUT2D eigenvalue weighted by Crippen LogP contribution is -2.06. The van der Waals surface area contributed by atoms with Crippen LogP contribution in [0.4, 0.5) is 0 Å². The summed E-state index contributed by atoms with van der Waals surface area (Å²) < 4.78 is 5.01. The van der Waals surface area contributed by atoms with Crippen molar-refractivity contribution in [2.45, 2.75) is 6.92 Å². The zero-order valence-electron chi connectivity index (χ0n) is 11.0. The van der Waals surface area contributed by atoms with E-state index in [2.05, 4.69) is 0 Å². The molecule has 2 aromatic rings. The molecule has 4 nitrogen and oxygen atoms in total. The summed E-state index contributed by atoms with van der Waals surface area (Å²) in [5.74, 6) is -1.41. The Balaban J connectivity index is 2.50. The number of hydrogen-bond acceptors (Lipinski definition) is 3. The van der Waals surface area contributed by atoms with Gasteiger partial charge in [0.1, 0.15) is 0 Å². The molecule has 4 heteroatoms. The van der Waals surface area contributed by atoms with E-state index in [0.717, 1.165) is 0 Å². The monoisotopic (exact) mass is 270 g/mol. The summed E-state index contributed by atoms with van der Waals surface area (Å²) in [5.41, 5.74) is 1.95. The summed E-state index contributed by atoms with van der Waals surface area (Å²) >= 11 is 0. The molecule has 0 radical (unpaired) electrons. The summed E-state index contributed by atoms with van der Waals surface area (Å²) in [4.78, 5) is 22.9. The van der Waals surface area contributed by atoms with Crippen LogP contribution in [0.2, 0.25) is 0 Å². The van der Waals surface area contributed by atoms with Crippen LogP contribution in [0.3, 0.4) is 0 Å². The van der Waals surface area contributed by atoms with Gasteiger partial charge in [0.2, 0.25) is 0 Å². The van der Waals surface area contributed by atoms with Crippen molar-refractivity contribution in [2.24, 2.45) is 0 Å². The Hall–Kier alpha value is -2.62. The molecule has 0 saturated heterocycles. The van der Waals surface area contributed by atoms with Crippen LogP contribution >= 0.6 is 0 Å². The lowest BCUT2D eigenvalue weighted by atomic mass is 9.98. The van der Waals surface area contributed by atoms with Crippen molar-refractivity contribution < 1.29 is 19.4 Å². The Morgan fingerprint density at radius 1 is 1.10 bits per heavy atom. The Morgan fingerprint density at radius 2 is 1.85 bits per heavy atom. The smallest absolute Gasteiger partial charge is 0.338 e. The van der Waals surface area contributed by atoms with E-state index in [0.29, 0.717) is 23.3 Å². The van der Waals surface area contributed by atoms with Gasteiger partial charge in [-0.1, -0.05) is 30.3 Å². The standard InChI is InChI=1S/C16H14O4/c1-2-20-16(19)14-9-4-3-8-13(14)11-6-5-7-12(10-11)15(17)18/h3-10H,2H2,1H3,(H,17,18). The molecule has 0 aliphatic heterocycles. The Labute approximate surface area is 116 Å². The summed E-state index contributed by atoms with van der Waals surface area (Å²) in [6.07, 6.45) is 0. The molecule has 1 N–H and O–H groups in total. The molecule has 0 fully saturated rings. The molecule has 0 heterocycles. The number of carbonyl (C=O) groups is 2. The fraction of sp³-hybridized carbons (Fsp3) is 0.125. The van der Waals surface area contributed by atoms with Gasteiger partial charge < -0.3 is 9.84 Å². The van der Waals surface area contributed by atoms with E-state index in [1.165, 1.54) is 6.07 Å². The minimum absolute atomic E-state index is 0.182. The summed E-state index contributed by atoms with van der Waals surface area (Å²) in [6.45, 7) is 2.04. The van der Waals surface area contributed by atoms with Gasteiger partial charge in [-0.2, -0.15) is 0 Å². The highest BCUT2D eigenvalue weighted by atomic mass is 16.5. The molecule has 0 amide bonds. The van der Waals surface area contributed by atoms with Crippen LogP contribution in [0.15, 0.2) is 48.5 Å². The van der Waals surface area contributed by atoms with Crippen molar-refractivity contribution in [3.8, 4) is 11.1 Å². The van der Waals surface area contributed by atoms with Crippen LogP contribution in [0, 0.1) is 0 Å². The molecule has 0 aromatic heterocycles. The minimum Gasteiger partial charge on any atom is -0.478 e. The van der Waals surface area contributed by atoms with Crippen LogP contribution in [0.1, 0.15) is 27.6 Å². The first kappa shape index (κ1) is 13.8. The van der Waals surface area contributed by atoms with Gasteiger partial charge >= 0.3 is 11.9 Å². The third-order valence-corrected chi connectivity index (χ3v) is 2.84. The van der Waals surface area contributed by atoms with E-state index in [4.69, 9.17) is 9.84 Å². The molecular formula is C16H14O4. The molecule has 2 aromatic carbocycles. The Morgan fingerprint density at radius 3 is 2.55 bits per heavy atom. The average Bonchev–Trinajstić information content (AvgIpc) is 2.47. The fourth-order valence-electron chi connectivity index (χ4n) is 1.94. The molecule has 2 rings (SSSR count). The highest BCUT2D eigenvalue weighted by Gasteiger charge is 2.14. The topological polar surface area (TPSA) is 63.6 Å². The van der Waals surface area contributed by atoms with Gasteiger partial charge in [-0.15, -0.1) is 0 Å². The van der Waals surface area contributed by atoms with E-state index < -0.39 is 11.9 Å². The van der Waals surface area contributed by atoms with Crippen LogP contribution in [-0.4, -0.2) is 23.7 Å². The number of carboxylic acids is 1. The van der Waals surface area contributed by atoms with Gasteiger partial charge in [0.05, 0.1) is 17.7 Å². The van der Waals surface area contributed by atoms with Gasteiger partial charge in [0.15, 0.2) is 0 Å². The molecule has 0 saturated carbocycles. The van der Waals surface area contributed by atoms with Crippen molar-refractivity contribution in [3.63, 3.8) is 0 Å². The second kappa shape index (κ2) is 6.02. The second-order valence-corrected chi connectivity index (χ2v) is 4.15. The van der Waals surface area contributed by atoms with Gasteiger partial charge in [0, 0.05) is 0 Å². The van der Waals surface area contributed by atoms with E-state index >= 15 is 0 Å². The molecule has 0 atom stereocenters. The fourth-order valence-corrected chi connectivity index (χ4v) is 1.94. The van der Waals surface area contributed by atoms with Crippen molar-refractivity contribution >= 4 is 11.9 Å². The van der Waals surface area contributed by atoms with Gasteiger partial charge in [-0.25, -0.2) is 9.59 Å². The van der Waals surface area contributed by atoms with E-state index in [1.54, 1.807) is 49.4 Å². The van der Waals surface area contributed by atoms with Crippen LogP contribution in [0.5, 0.6) is 0 Å². The first-order valence-electron chi connectivity index (χ1n) is 6.23. The largest absolute Gasteiger partial charge is 0.478 e. The quantitative estimate of drug-likeness (QED) is 0.866. The lowest BCUT2D eigenvalue weighted by Gasteiger charge is -2.09. The van der Waals surface area contributed by atoms with E-state index in [9.17, 15) is 9.59 Å². The first-order valence-corrected chi connectivity index (χ1v) is 6.23. The van der Waals surface area contributed by atoms with Crippen LogP contribution in [0.25, 0.3) is 11.1 Å². The van der Waals surface area contributed by atoms with Crippen LogP contribution < -0.4 is 0 Å². The van der Waals surface area contributed by atoms with Crippen molar-refractivity contribution in [1.82, 2.24) is 0 Å². The second-order valence-electron chi connectivity index (χ2n) is 4.15. The van der Waals surface area contributed by atoms with Crippen LogP contribution in [-0.2, 0) is 4.74 Å². The number of esters is 1. The highest BCUT2D eigenvalue weighted by molar-refractivity contribution is 5.98. The molecule has 20 heavy (non-hydrogen) atoms. The molecule has 102 valence electrons. The third kappa shape index (κ3) is 2.85. The molecule has 0 aliphatic rings. The van der Waals surface area contributed by atoms with E-state index in [-0.39, 0.29) is 5.56 Å². The van der Waals surface area contributed by atoms with Crippen molar-refractivity contribution in [3.05, 3.63) is 59.7 Å². The van der Waals surface area contributed by atoms with Crippen molar-refractivity contribution in [2.75, 3.05) is 6.61 Å². The number of ether oxygens (including phenoxy) is 1. The lowest BCUT2D eigenvalue weighted by molar-refractivity contribution is 0.0527. The third-order valence-electron chi connectivity index (χ3n) is 2.84. The Bertz CT molecular complexity index is 646. The maximum Gasteiger partial charge on any atom is 0.338 e. The van der Waals surface area contributed by atoms with Crippen molar-refractivity contribution in [1.29, 1.82) is 0 Å². The number of hydrogen-bond donors (Lipinski definition) is 1. The number of aromatic carboxylic acids is 1. The van der Waals surface area contributed by atoms with Gasteiger partial charge in [-0.3, -0.25) is 0 Å². The molecule has 0 unspecified atom stereocenters. The number of carbonyl (C=O) groups excluding carboxylic acids is 1. The molecule has 0 aliphatic carbocycles. The highest BCUT2D eigenvalue weighted by Crippen LogP contribution is 2.25. The normalized spacial score (nSPS) is 10.1. The average molecular weight is 270 g/mol. The first-order chi connectivity index (χ1) is 9.63. The molecule has 0 spiro atoms. The van der Waals surface area contributed by atoms with E-state index in [1.807, 2.05) is 0 Å². The number of carboxylic acid groups (broad SMARTS) is 1. The van der Waals surface area contributed by atoms with Gasteiger partial charge in [-0.05, 0) is 36.2 Å². The molecule has 0 bridgehead atoms. The summed E-state index contributed by atoms with van der Waals surface area (Å²) in [5, 5.41) is 9.03. The zero-order chi connectivity index (χ0) is 14.5. The minimum atomic E-state index is -1.000.